The van der Waals surface area contributed by atoms with Crippen LogP contribution in [0.3, 0.4) is 0 Å². The van der Waals surface area contributed by atoms with Gasteiger partial charge in [-0.1, -0.05) is 77.4 Å². The molecule has 1 aliphatic rings. The van der Waals surface area contributed by atoms with Crippen molar-refractivity contribution < 1.29 is 17.6 Å². The molecule has 1 heterocycles. The Balaban J connectivity index is 1.96. The molecule has 0 fully saturated rings. The van der Waals surface area contributed by atoms with Crippen LogP contribution in [0, 0.1) is 24.4 Å². The van der Waals surface area contributed by atoms with E-state index in [2.05, 4.69) is 45.3 Å². The molecule has 1 nitrogen and oxygen atoms in total. The summed E-state index contributed by atoms with van der Waals surface area (Å²) in [6, 6.07) is 28.5. The Morgan fingerprint density at radius 3 is 1.47 bits per heavy atom. The van der Waals surface area contributed by atoms with Crippen molar-refractivity contribution in [3.63, 3.8) is 0 Å². The standard InChI is InChI=1S/C31H29BF3N/c1-22-4-6-23(7-5-22)30-20-21-36(2,3)32(25-10-16-28(34)17-11-25,26-12-18-29(35)19-13-26)31(30)24-8-14-27(33)15-9-24/h4-19H,20-21H2,1-3H3. The van der Waals surface area contributed by atoms with E-state index in [9.17, 15) is 13.2 Å². The summed E-state index contributed by atoms with van der Waals surface area (Å²) >= 11 is 0. The first-order chi connectivity index (χ1) is 17.2. The van der Waals surface area contributed by atoms with E-state index in [4.69, 9.17) is 0 Å². The molecule has 4 aromatic rings. The molecule has 0 saturated carbocycles. The van der Waals surface area contributed by atoms with Gasteiger partial charge in [-0.2, -0.15) is 0 Å². The molecule has 4 aromatic carbocycles. The lowest BCUT2D eigenvalue weighted by Gasteiger charge is -2.61. The summed E-state index contributed by atoms with van der Waals surface area (Å²) in [5.74, 6) is -0.922. The van der Waals surface area contributed by atoms with Gasteiger partial charge in [0.25, 0.3) is 6.28 Å². The first-order valence-electron chi connectivity index (χ1n) is 12.3. The number of hydrogen-bond acceptors (Lipinski definition) is 0. The third kappa shape index (κ3) is 3.98. The van der Waals surface area contributed by atoms with Crippen LogP contribution in [0.1, 0.15) is 23.1 Å². The summed E-state index contributed by atoms with van der Waals surface area (Å²) in [4.78, 5) is 0. The number of halogens is 3. The highest BCUT2D eigenvalue weighted by atomic mass is 19.1. The maximum absolute atomic E-state index is 14.2. The maximum Gasteiger partial charge on any atom is 0.291 e. The molecule has 0 saturated heterocycles. The van der Waals surface area contributed by atoms with Crippen molar-refractivity contribution in [3.8, 4) is 0 Å². The van der Waals surface area contributed by atoms with E-state index in [0.29, 0.717) is 4.39 Å². The van der Waals surface area contributed by atoms with E-state index in [0.717, 1.165) is 40.5 Å². The molecular formula is C31H29BF3N. The summed E-state index contributed by atoms with van der Waals surface area (Å²) in [6.45, 7) is 2.88. The number of hydrogen-bond donors (Lipinski definition) is 0. The molecule has 0 radical (unpaired) electrons. The minimum atomic E-state index is -1.79. The van der Waals surface area contributed by atoms with Gasteiger partial charge in [0, 0.05) is 27.1 Å². The second-order valence-electron chi connectivity index (χ2n) is 10.4. The van der Waals surface area contributed by atoms with Crippen LogP contribution >= 0.6 is 0 Å². The lowest BCUT2D eigenvalue weighted by molar-refractivity contribution is -0.786. The van der Waals surface area contributed by atoms with Crippen LogP contribution < -0.4 is 10.9 Å². The van der Waals surface area contributed by atoms with E-state index >= 15 is 0 Å². The van der Waals surface area contributed by atoms with Crippen LogP contribution in [0.2, 0.25) is 0 Å². The average molecular weight is 483 g/mol. The number of rotatable bonds is 4. The Morgan fingerprint density at radius 2 is 1.00 bits per heavy atom. The fourth-order valence-corrected chi connectivity index (χ4v) is 6.24. The molecule has 0 unspecified atom stereocenters. The number of nitrogens with zero attached hydrogens (tertiary/aromatic N) is 1. The Morgan fingerprint density at radius 1 is 0.583 bits per heavy atom. The third-order valence-corrected chi connectivity index (χ3v) is 7.99. The summed E-state index contributed by atoms with van der Waals surface area (Å²) in [5, 5.41) is 0. The number of quaternary nitrogens is 1. The minimum absolute atomic E-state index is 0.303. The van der Waals surface area contributed by atoms with E-state index in [1.807, 2.05) is 36.4 Å². The smallest absolute Gasteiger partial charge is 0.291 e. The monoisotopic (exact) mass is 483 g/mol. The van der Waals surface area contributed by atoms with Gasteiger partial charge in [0.2, 0.25) is 0 Å². The van der Waals surface area contributed by atoms with Gasteiger partial charge < -0.3 is 4.39 Å². The van der Waals surface area contributed by atoms with Crippen LogP contribution in [0.25, 0.3) is 11.0 Å². The number of aryl methyl sites for hydroxylation is 1. The largest absolute Gasteiger partial charge is 0.508 e. The van der Waals surface area contributed by atoms with Gasteiger partial charge in [-0.05, 0) is 48.9 Å². The van der Waals surface area contributed by atoms with Crippen molar-refractivity contribution >= 4 is 28.3 Å². The van der Waals surface area contributed by atoms with Crippen molar-refractivity contribution in [2.45, 2.75) is 13.3 Å². The van der Waals surface area contributed by atoms with Gasteiger partial charge in [-0.15, -0.1) is 16.4 Å². The first kappa shape index (κ1) is 24.1. The van der Waals surface area contributed by atoms with Crippen LogP contribution in [0.5, 0.6) is 0 Å². The molecule has 5 rings (SSSR count). The minimum Gasteiger partial charge on any atom is -0.508 e. The van der Waals surface area contributed by atoms with Gasteiger partial charge >= 0.3 is 0 Å². The highest BCUT2D eigenvalue weighted by molar-refractivity contribution is 7.11. The van der Waals surface area contributed by atoms with Gasteiger partial charge in [0.05, 0.1) is 0 Å². The fraction of sp³-hybridized carbons (Fsp3) is 0.161. The molecule has 0 spiro atoms. The predicted molar refractivity (Wildman–Crippen MR) is 144 cm³/mol. The quantitative estimate of drug-likeness (QED) is 0.308. The average Bonchev–Trinajstić information content (AvgIpc) is 2.86. The second-order valence-corrected chi connectivity index (χ2v) is 10.4. The zero-order chi connectivity index (χ0) is 25.5. The van der Waals surface area contributed by atoms with Crippen LogP contribution in [-0.2, 0) is 0 Å². The zero-order valence-corrected chi connectivity index (χ0v) is 20.8. The molecule has 0 atom stereocenters. The van der Waals surface area contributed by atoms with E-state index < -0.39 is 6.28 Å². The zero-order valence-electron chi connectivity index (χ0n) is 20.8. The SMILES string of the molecule is Cc1ccc(C2=C(c3ccc(F)cc3)[B-](c3ccc(F)cc3)(c3ccc(F)cc3)[N+](C)(C)CC2)cc1. The Bertz CT molecular complexity index is 1360. The Kier molecular flexibility index (Phi) is 6.13. The summed E-state index contributed by atoms with van der Waals surface area (Å²) in [5.41, 5.74) is 7.35. The van der Waals surface area contributed by atoms with E-state index in [1.165, 1.54) is 47.5 Å². The topological polar surface area (TPSA) is 0 Å². The Labute approximate surface area is 211 Å². The summed E-state index contributed by atoms with van der Waals surface area (Å²) in [7, 11) is 4.37. The van der Waals surface area contributed by atoms with Crippen molar-refractivity contribution in [1.29, 1.82) is 0 Å². The van der Waals surface area contributed by atoms with Gasteiger partial charge in [-0.25, -0.2) is 13.2 Å². The lowest BCUT2D eigenvalue weighted by Crippen LogP contribution is -2.79. The molecule has 0 aliphatic carbocycles. The molecule has 36 heavy (non-hydrogen) atoms. The van der Waals surface area contributed by atoms with Crippen LogP contribution in [-0.4, -0.2) is 31.3 Å². The van der Waals surface area contributed by atoms with E-state index in [1.54, 1.807) is 0 Å². The molecule has 5 heteroatoms. The predicted octanol–water partition coefficient (Wildman–Crippen LogP) is 6.10. The molecule has 0 aromatic heterocycles. The normalized spacial score (nSPS) is 16.7. The molecule has 0 amide bonds. The molecule has 0 N–H and O–H groups in total. The van der Waals surface area contributed by atoms with Crippen molar-refractivity contribution in [2.24, 2.45) is 0 Å². The van der Waals surface area contributed by atoms with Gasteiger partial charge in [0.15, 0.2) is 0 Å². The molecule has 0 bridgehead atoms. The molecular weight excluding hydrogens is 454 g/mol. The third-order valence-electron chi connectivity index (χ3n) is 7.99. The van der Waals surface area contributed by atoms with Gasteiger partial charge in [-0.3, -0.25) is 0 Å². The van der Waals surface area contributed by atoms with Crippen LogP contribution in [0.4, 0.5) is 13.2 Å². The molecule has 182 valence electrons. The summed E-state index contributed by atoms with van der Waals surface area (Å²) in [6.07, 6.45) is -0.978. The van der Waals surface area contributed by atoms with Crippen molar-refractivity contribution in [3.05, 3.63) is 131 Å². The Hall–Kier alpha value is -3.57. The lowest BCUT2D eigenvalue weighted by atomic mass is 9.19. The van der Waals surface area contributed by atoms with Gasteiger partial charge in [0.1, 0.15) is 17.5 Å². The fourth-order valence-electron chi connectivity index (χ4n) is 6.24. The van der Waals surface area contributed by atoms with Crippen molar-refractivity contribution in [1.82, 2.24) is 0 Å². The molecule has 1 aliphatic heterocycles. The maximum atomic E-state index is 14.2. The van der Waals surface area contributed by atoms with Crippen LogP contribution in [0.15, 0.2) is 97.1 Å². The first-order valence-corrected chi connectivity index (χ1v) is 12.3. The number of benzene rings is 4. The highest BCUT2D eigenvalue weighted by Gasteiger charge is 2.51. The summed E-state index contributed by atoms with van der Waals surface area (Å²) < 4.78 is 43.0. The second kappa shape index (κ2) is 9.14. The van der Waals surface area contributed by atoms with Crippen molar-refractivity contribution in [2.75, 3.05) is 20.6 Å². The van der Waals surface area contributed by atoms with E-state index in [-0.39, 0.29) is 17.5 Å². The highest BCUT2D eigenvalue weighted by Crippen LogP contribution is 2.43.